The normalized spacial score (nSPS) is 10.8. The van der Waals surface area contributed by atoms with Crippen LogP contribution in [0.25, 0.3) is 16.9 Å². The minimum atomic E-state index is -0.407. The average molecular weight is 344 g/mol. The number of nitrogen functional groups attached to an aromatic ring is 1. The Labute approximate surface area is 149 Å². The Kier molecular flexibility index (Phi) is 3.81. The van der Waals surface area contributed by atoms with E-state index in [-0.39, 0.29) is 11.5 Å². The van der Waals surface area contributed by atoms with Gasteiger partial charge in [-0.2, -0.15) is 5.10 Å². The van der Waals surface area contributed by atoms with E-state index in [0.29, 0.717) is 22.5 Å². The van der Waals surface area contributed by atoms with Crippen molar-refractivity contribution < 1.29 is 4.79 Å². The summed E-state index contributed by atoms with van der Waals surface area (Å²) in [5.74, 6) is -0.349. The fraction of sp³-hybridized carbons (Fsp3) is 0.0526. The molecule has 128 valence electrons. The van der Waals surface area contributed by atoms with Crippen LogP contribution in [0.2, 0.25) is 0 Å². The highest BCUT2D eigenvalue weighted by Gasteiger charge is 2.19. The number of nitrogens with one attached hydrogen (secondary N) is 1. The summed E-state index contributed by atoms with van der Waals surface area (Å²) in [6, 6.07) is 18.7. The molecule has 26 heavy (non-hydrogen) atoms. The summed E-state index contributed by atoms with van der Waals surface area (Å²) in [5.41, 5.74) is 9.34. The Morgan fingerprint density at radius 2 is 1.65 bits per heavy atom. The first kappa shape index (κ1) is 15.8. The maximum Gasteiger partial charge on any atom is 0.278 e. The van der Waals surface area contributed by atoms with Crippen LogP contribution in [0.3, 0.4) is 0 Å². The van der Waals surface area contributed by atoms with Gasteiger partial charge in [-0.25, -0.2) is 14.6 Å². The molecule has 0 fully saturated rings. The number of nitrogens with two attached hydrogens (primary N) is 1. The van der Waals surface area contributed by atoms with E-state index in [1.165, 1.54) is 0 Å². The molecule has 0 atom stereocenters. The first-order valence-electron chi connectivity index (χ1n) is 8.08. The van der Waals surface area contributed by atoms with Gasteiger partial charge in [-0.05, 0) is 31.2 Å². The predicted octanol–water partition coefficient (Wildman–Crippen LogP) is 2.96. The number of anilines is 2. The van der Waals surface area contributed by atoms with E-state index >= 15 is 0 Å². The van der Waals surface area contributed by atoms with Crippen molar-refractivity contribution in [2.75, 3.05) is 11.1 Å². The van der Waals surface area contributed by atoms with Gasteiger partial charge in [0, 0.05) is 5.69 Å². The SMILES string of the molecule is Cc1nn(-c2ccccc2)c2nc(N)c(C(=O)Nc3ccccc3)nc12. The second kappa shape index (κ2) is 6.29. The molecule has 0 spiro atoms. The van der Waals surface area contributed by atoms with Gasteiger partial charge < -0.3 is 11.1 Å². The number of hydrogen-bond acceptors (Lipinski definition) is 5. The number of fused-ring (bicyclic) bond motifs is 1. The Bertz CT molecular complexity index is 1090. The molecule has 4 rings (SSSR count). The van der Waals surface area contributed by atoms with Gasteiger partial charge in [-0.15, -0.1) is 0 Å². The summed E-state index contributed by atoms with van der Waals surface area (Å²) in [7, 11) is 0. The van der Waals surface area contributed by atoms with E-state index in [4.69, 9.17) is 5.73 Å². The highest BCUT2D eigenvalue weighted by Crippen LogP contribution is 2.22. The number of aryl methyl sites for hydroxylation is 1. The van der Waals surface area contributed by atoms with E-state index in [1.807, 2.05) is 55.5 Å². The molecule has 2 heterocycles. The van der Waals surface area contributed by atoms with Crippen LogP contribution in [-0.4, -0.2) is 25.7 Å². The Morgan fingerprint density at radius 3 is 2.35 bits per heavy atom. The molecule has 0 saturated heterocycles. The highest BCUT2D eigenvalue weighted by molar-refractivity contribution is 6.06. The zero-order chi connectivity index (χ0) is 18.1. The van der Waals surface area contributed by atoms with Gasteiger partial charge >= 0.3 is 0 Å². The number of aromatic nitrogens is 4. The van der Waals surface area contributed by atoms with Gasteiger partial charge in [0.15, 0.2) is 17.2 Å². The van der Waals surface area contributed by atoms with Crippen molar-refractivity contribution in [3.8, 4) is 5.69 Å². The van der Waals surface area contributed by atoms with Crippen molar-refractivity contribution in [3.63, 3.8) is 0 Å². The number of carbonyl (C=O) groups excluding carboxylic acids is 1. The molecule has 2 aromatic carbocycles. The van der Waals surface area contributed by atoms with Crippen molar-refractivity contribution in [1.82, 2.24) is 19.7 Å². The number of carbonyl (C=O) groups is 1. The fourth-order valence-electron chi connectivity index (χ4n) is 2.70. The molecule has 0 aliphatic heterocycles. The van der Waals surface area contributed by atoms with Gasteiger partial charge in [0.1, 0.15) is 5.52 Å². The fourth-order valence-corrected chi connectivity index (χ4v) is 2.70. The first-order valence-corrected chi connectivity index (χ1v) is 8.08. The maximum atomic E-state index is 12.5. The standard InChI is InChI=1S/C19H16N6O/c1-12-15-18(25(24-12)14-10-6-3-7-11-14)23-17(20)16(22-15)19(26)21-13-8-4-2-5-9-13/h2-11H,1H3,(H2,20,23)(H,21,26). The van der Waals surface area contributed by atoms with Gasteiger partial charge in [-0.3, -0.25) is 4.79 Å². The van der Waals surface area contributed by atoms with Gasteiger partial charge in [0.25, 0.3) is 5.91 Å². The lowest BCUT2D eigenvalue weighted by atomic mass is 10.3. The molecule has 2 aromatic heterocycles. The average Bonchev–Trinajstić information content (AvgIpc) is 2.98. The van der Waals surface area contributed by atoms with E-state index < -0.39 is 5.91 Å². The van der Waals surface area contributed by atoms with E-state index in [1.54, 1.807) is 16.8 Å². The van der Waals surface area contributed by atoms with Crippen LogP contribution in [0.15, 0.2) is 60.7 Å². The van der Waals surface area contributed by atoms with Gasteiger partial charge in [-0.1, -0.05) is 36.4 Å². The van der Waals surface area contributed by atoms with Crippen molar-refractivity contribution in [1.29, 1.82) is 0 Å². The molecule has 7 heteroatoms. The van der Waals surface area contributed by atoms with Gasteiger partial charge in [0.2, 0.25) is 0 Å². The van der Waals surface area contributed by atoms with Gasteiger partial charge in [0.05, 0.1) is 11.4 Å². The topological polar surface area (TPSA) is 98.7 Å². The number of benzene rings is 2. The van der Waals surface area contributed by atoms with Crippen LogP contribution >= 0.6 is 0 Å². The molecule has 0 bridgehead atoms. The predicted molar refractivity (Wildman–Crippen MR) is 100 cm³/mol. The van der Waals surface area contributed by atoms with E-state index in [0.717, 1.165) is 5.69 Å². The summed E-state index contributed by atoms with van der Waals surface area (Å²) in [6.07, 6.45) is 0. The molecule has 1 amide bonds. The summed E-state index contributed by atoms with van der Waals surface area (Å²) in [5, 5.41) is 7.26. The van der Waals surface area contributed by atoms with Crippen molar-refractivity contribution in [2.45, 2.75) is 6.92 Å². The zero-order valence-corrected chi connectivity index (χ0v) is 14.0. The monoisotopic (exact) mass is 344 g/mol. The smallest absolute Gasteiger partial charge is 0.278 e. The second-order valence-corrected chi connectivity index (χ2v) is 5.78. The number of hydrogen-bond donors (Lipinski definition) is 2. The van der Waals surface area contributed by atoms with E-state index in [2.05, 4.69) is 20.4 Å². The van der Waals surface area contributed by atoms with Crippen LogP contribution < -0.4 is 11.1 Å². The molecule has 0 unspecified atom stereocenters. The van der Waals surface area contributed by atoms with Crippen LogP contribution in [0.5, 0.6) is 0 Å². The highest BCUT2D eigenvalue weighted by atomic mass is 16.1. The van der Waals surface area contributed by atoms with E-state index in [9.17, 15) is 4.79 Å². The van der Waals surface area contributed by atoms with Crippen LogP contribution in [-0.2, 0) is 0 Å². The lowest BCUT2D eigenvalue weighted by Gasteiger charge is -2.07. The number of rotatable bonds is 3. The van der Waals surface area contributed by atoms with Crippen molar-refractivity contribution in [3.05, 3.63) is 72.1 Å². The first-order chi connectivity index (χ1) is 12.6. The minimum Gasteiger partial charge on any atom is -0.382 e. The summed E-state index contributed by atoms with van der Waals surface area (Å²) in [4.78, 5) is 21.4. The molecule has 4 aromatic rings. The molecule has 7 nitrogen and oxygen atoms in total. The number of para-hydroxylation sites is 2. The Morgan fingerprint density at radius 1 is 1.00 bits per heavy atom. The molecule has 0 saturated carbocycles. The molecule has 0 aliphatic carbocycles. The van der Waals surface area contributed by atoms with Crippen LogP contribution in [0, 0.1) is 6.92 Å². The number of nitrogens with zero attached hydrogens (tertiary/aromatic N) is 4. The molecular formula is C19H16N6O. The summed E-state index contributed by atoms with van der Waals surface area (Å²) in [6.45, 7) is 1.82. The summed E-state index contributed by atoms with van der Waals surface area (Å²) >= 11 is 0. The third-order valence-corrected chi connectivity index (χ3v) is 3.95. The van der Waals surface area contributed by atoms with Crippen LogP contribution in [0.1, 0.15) is 16.2 Å². The third-order valence-electron chi connectivity index (χ3n) is 3.95. The Balaban J connectivity index is 1.78. The Hall–Kier alpha value is -3.74. The molecule has 0 radical (unpaired) electrons. The molecule has 0 aliphatic rings. The quantitative estimate of drug-likeness (QED) is 0.595. The third kappa shape index (κ3) is 2.75. The number of amides is 1. The lowest BCUT2D eigenvalue weighted by Crippen LogP contribution is -2.17. The van der Waals surface area contributed by atoms with Crippen molar-refractivity contribution in [2.24, 2.45) is 0 Å². The molecular weight excluding hydrogens is 328 g/mol. The largest absolute Gasteiger partial charge is 0.382 e. The maximum absolute atomic E-state index is 12.5. The lowest BCUT2D eigenvalue weighted by molar-refractivity contribution is 0.102. The summed E-state index contributed by atoms with van der Waals surface area (Å²) < 4.78 is 1.67. The van der Waals surface area contributed by atoms with Crippen LogP contribution in [0.4, 0.5) is 11.5 Å². The molecule has 3 N–H and O–H groups in total. The van der Waals surface area contributed by atoms with Crippen molar-refractivity contribution >= 4 is 28.6 Å². The second-order valence-electron chi connectivity index (χ2n) is 5.78. The zero-order valence-electron chi connectivity index (χ0n) is 14.0. The minimum absolute atomic E-state index is 0.0583.